The fraction of sp³-hybridized carbons (Fsp3) is 0.120. The summed E-state index contributed by atoms with van der Waals surface area (Å²) in [4.78, 5) is 2.41. The molecule has 0 amide bonds. The van der Waals surface area contributed by atoms with Gasteiger partial charge in [-0.2, -0.15) is 0 Å². The van der Waals surface area contributed by atoms with Crippen molar-refractivity contribution < 1.29 is 4.74 Å². The van der Waals surface area contributed by atoms with Gasteiger partial charge in [-0.25, -0.2) is 0 Å². The minimum absolute atomic E-state index is 0.0125. The summed E-state index contributed by atoms with van der Waals surface area (Å²) in [5, 5.41) is 0. The van der Waals surface area contributed by atoms with Crippen LogP contribution in [0.5, 0.6) is 0 Å². The Bertz CT molecular complexity index is 2340. The van der Waals surface area contributed by atoms with Gasteiger partial charge in [0.1, 0.15) is 11.9 Å². The van der Waals surface area contributed by atoms with E-state index in [1.54, 1.807) is 0 Å². The molecule has 6 atom stereocenters. The van der Waals surface area contributed by atoms with Crippen molar-refractivity contribution in [1.82, 2.24) is 0 Å². The molecule has 4 aromatic rings. The summed E-state index contributed by atoms with van der Waals surface area (Å²) in [6.45, 7) is 0. The highest BCUT2D eigenvalue weighted by Gasteiger charge is 2.45. The van der Waals surface area contributed by atoms with Crippen LogP contribution in [0.3, 0.4) is 0 Å². The number of nitrogens with zero attached hydrogens (tertiary/aromatic N) is 1. The molecule has 0 N–H and O–H groups in total. The van der Waals surface area contributed by atoms with E-state index in [0.717, 1.165) is 17.1 Å². The van der Waals surface area contributed by atoms with Crippen LogP contribution in [-0.4, -0.2) is 6.10 Å². The Morgan fingerprint density at radius 3 is 1.96 bits per heavy atom. The summed E-state index contributed by atoms with van der Waals surface area (Å²) in [6.07, 6.45) is 34.3. The first-order chi connectivity index (χ1) is 25.8. The summed E-state index contributed by atoms with van der Waals surface area (Å²) in [7, 11) is 0. The second-order valence-corrected chi connectivity index (χ2v) is 14.4. The van der Waals surface area contributed by atoms with Gasteiger partial charge in [-0.05, 0) is 58.2 Å². The maximum Gasteiger partial charge on any atom is 0.134 e. The van der Waals surface area contributed by atoms with E-state index in [0.29, 0.717) is 11.8 Å². The van der Waals surface area contributed by atoms with Crippen LogP contribution in [-0.2, 0) is 4.74 Å². The summed E-state index contributed by atoms with van der Waals surface area (Å²) in [6, 6.07) is 39.5. The highest BCUT2D eigenvalue weighted by Crippen LogP contribution is 2.52. The van der Waals surface area contributed by atoms with E-state index in [9.17, 15) is 0 Å². The van der Waals surface area contributed by atoms with Crippen molar-refractivity contribution in [2.75, 3.05) is 4.90 Å². The molecule has 52 heavy (non-hydrogen) atoms. The molecular weight excluding hydrogens is 631 g/mol. The first-order valence-electron chi connectivity index (χ1n) is 18.5. The molecule has 1 heterocycles. The van der Waals surface area contributed by atoms with Gasteiger partial charge in [-0.15, -0.1) is 0 Å². The molecule has 250 valence electrons. The number of rotatable bonds is 6. The van der Waals surface area contributed by atoms with Gasteiger partial charge in [0.15, 0.2) is 0 Å². The second-order valence-electron chi connectivity index (χ2n) is 14.4. The molecule has 0 saturated heterocycles. The molecule has 0 fully saturated rings. The van der Waals surface area contributed by atoms with E-state index in [-0.39, 0.29) is 23.9 Å². The molecule has 1 aliphatic heterocycles. The summed E-state index contributed by atoms with van der Waals surface area (Å²) < 4.78 is 6.94. The summed E-state index contributed by atoms with van der Waals surface area (Å²) >= 11 is 0. The molecule has 0 aromatic heterocycles. The Kier molecular flexibility index (Phi) is 7.61. The summed E-state index contributed by atoms with van der Waals surface area (Å²) in [5.74, 6) is 2.44. The van der Waals surface area contributed by atoms with Crippen LogP contribution < -0.4 is 4.90 Å². The van der Waals surface area contributed by atoms with Crippen LogP contribution in [0.1, 0.15) is 11.1 Å². The topological polar surface area (TPSA) is 12.5 Å². The minimum Gasteiger partial charge on any atom is -0.488 e. The molecule has 6 unspecified atom stereocenters. The van der Waals surface area contributed by atoms with Crippen LogP contribution in [0.2, 0.25) is 0 Å². The third-order valence-electron chi connectivity index (χ3n) is 11.3. The maximum atomic E-state index is 6.94. The average molecular weight is 670 g/mol. The van der Waals surface area contributed by atoms with Crippen molar-refractivity contribution in [3.63, 3.8) is 0 Å². The van der Waals surface area contributed by atoms with Gasteiger partial charge in [0.25, 0.3) is 0 Å². The lowest BCUT2D eigenvalue weighted by atomic mass is 9.72. The van der Waals surface area contributed by atoms with Gasteiger partial charge in [0, 0.05) is 57.8 Å². The Morgan fingerprint density at radius 1 is 0.481 bits per heavy atom. The summed E-state index contributed by atoms with van der Waals surface area (Å²) in [5.41, 5.74) is 12.3. The molecule has 5 aliphatic carbocycles. The first-order valence-corrected chi connectivity index (χ1v) is 18.5. The van der Waals surface area contributed by atoms with E-state index in [2.05, 4.69) is 205 Å². The number of fused-ring (bicyclic) bond motifs is 5. The normalized spacial score (nSPS) is 26.0. The smallest absolute Gasteiger partial charge is 0.134 e. The molecule has 10 rings (SSSR count). The van der Waals surface area contributed by atoms with Crippen LogP contribution in [0.4, 0.5) is 11.4 Å². The Balaban J connectivity index is 1.02. The molecular formula is C50H39NO. The first kappa shape index (κ1) is 30.7. The number of ether oxygens (including phenoxy) is 1. The van der Waals surface area contributed by atoms with Gasteiger partial charge in [-0.3, -0.25) is 0 Å². The molecule has 0 radical (unpaired) electrons. The lowest BCUT2D eigenvalue weighted by molar-refractivity contribution is 0.150. The zero-order valence-corrected chi connectivity index (χ0v) is 28.9. The molecule has 0 bridgehead atoms. The van der Waals surface area contributed by atoms with Crippen molar-refractivity contribution >= 4 is 22.5 Å². The standard InChI is InChI=1S/C50H39NO/c1-3-13-34(14-4-1)39-19-11-20-41(31-39)51(42-30-25-35-15-7-8-18-38(35)32-42)40-28-26-37(27-29-40)47-33-48-46-24-12-23-43(36-16-5-2-6-17-36)49(46)52-50(48)45-22-10-9-21-44(45)47/h1-33,35,38,44-46,49H. The van der Waals surface area contributed by atoms with Crippen molar-refractivity contribution in [1.29, 1.82) is 0 Å². The number of anilines is 2. The molecule has 0 spiro atoms. The maximum absolute atomic E-state index is 6.94. The quantitative estimate of drug-likeness (QED) is 0.203. The fourth-order valence-electron chi connectivity index (χ4n) is 8.78. The molecule has 4 aromatic carbocycles. The fourth-order valence-corrected chi connectivity index (χ4v) is 8.78. The van der Waals surface area contributed by atoms with Crippen molar-refractivity contribution in [3.05, 3.63) is 228 Å². The van der Waals surface area contributed by atoms with Crippen molar-refractivity contribution in [3.8, 4) is 11.1 Å². The van der Waals surface area contributed by atoms with E-state index < -0.39 is 0 Å². The van der Waals surface area contributed by atoms with Gasteiger partial charge < -0.3 is 9.64 Å². The van der Waals surface area contributed by atoms with E-state index >= 15 is 0 Å². The third kappa shape index (κ3) is 5.34. The van der Waals surface area contributed by atoms with Crippen LogP contribution in [0, 0.1) is 29.6 Å². The zero-order valence-electron chi connectivity index (χ0n) is 28.9. The number of hydrogen-bond donors (Lipinski definition) is 0. The average Bonchev–Trinajstić information content (AvgIpc) is 3.61. The number of allylic oxidation sites excluding steroid dienone is 15. The SMILES string of the molecule is C1=CC2C=CC(N(c3ccc(C4=CC5=C(OC6C(c7ccccc7)=CC=CC56)C5C=CC=CC45)cc3)c3cccc(-c4ccccc4)c3)=CC2C=C1. The van der Waals surface area contributed by atoms with Gasteiger partial charge >= 0.3 is 0 Å². The Morgan fingerprint density at radius 2 is 1.15 bits per heavy atom. The highest BCUT2D eigenvalue weighted by molar-refractivity contribution is 5.81. The highest BCUT2D eigenvalue weighted by atomic mass is 16.5. The van der Waals surface area contributed by atoms with Crippen LogP contribution in [0.15, 0.2) is 217 Å². The number of hydrogen-bond acceptors (Lipinski definition) is 2. The predicted molar refractivity (Wildman–Crippen MR) is 215 cm³/mol. The van der Waals surface area contributed by atoms with Crippen molar-refractivity contribution in [2.24, 2.45) is 29.6 Å². The van der Waals surface area contributed by atoms with E-state index in [4.69, 9.17) is 4.74 Å². The van der Waals surface area contributed by atoms with Gasteiger partial charge in [0.2, 0.25) is 0 Å². The van der Waals surface area contributed by atoms with E-state index in [1.165, 1.54) is 44.7 Å². The van der Waals surface area contributed by atoms with Crippen LogP contribution in [0.25, 0.3) is 22.3 Å². The molecule has 0 saturated carbocycles. The molecule has 2 heteroatoms. The van der Waals surface area contributed by atoms with Crippen LogP contribution >= 0.6 is 0 Å². The van der Waals surface area contributed by atoms with E-state index in [1.807, 2.05) is 0 Å². The zero-order chi connectivity index (χ0) is 34.4. The second kappa shape index (κ2) is 12.9. The number of benzene rings is 4. The predicted octanol–water partition coefficient (Wildman–Crippen LogP) is 12.0. The lowest BCUT2D eigenvalue weighted by Gasteiger charge is -2.33. The minimum atomic E-state index is -0.0125. The molecule has 2 nitrogen and oxygen atoms in total. The van der Waals surface area contributed by atoms with Crippen molar-refractivity contribution in [2.45, 2.75) is 6.10 Å². The van der Waals surface area contributed by atoms with Gasteiger partial charge in [-0.1, -0.05) is 170 Å². The Hall–Kier alpha value is -6.12. The molecule has 6 aliphatic rings. The largest absolute Gasteiger partial charge is 0.488 e. The third-order valence-corrected chi connectivity index (χ3v) is 11.3. The monoisotopic (exact) mass is 669 g/mol. The lowest BCUT2D eigenvalue weighted by Crippen LogP contribution is -2.22. The van der Waals surface area contributed by atoms with Gasteiger partial charge in [0.05, 0.1) is 0 Å². The Labute approximate surface area is 306 Å².